The zero-order valence-corrected chi connectivity index (χ0v) is 21.7. The van der Waals surface area contributed by atoms with Gasteiger partial charge in [-0.3, -0.25) is 0 Å². The molecule has 0 radical (unpaired) electrons. The van der Waals surface area contributed by atoms with E-state index >= 15 is 0 Å². The highest BCUT2D eigenvalue weighted by molar-refractivity contribution is 5.91. The normalized spacial score (nSPS) is 12.8. The number of carbonyl (C=O) groups excluding carboxylic acids is 2. The van der Waals surface area contributed by atoms with Crippen molar-refractivity contribution in [2.24, 2.45) is 11.8 Å². The first-order chi connectivity index (χ1) is 16.5. The zero-order valence-electron chi connectivity index (χ0n) is 21.7. The maximum Gasteiger partial charge on any atom is 0.356 e. The van der Waals surface area contributed by atoms with Gasteiger partial charge in [0, 0.05) is 27.4 Å². The minimum Gasteiger partial charge on any atom is -0.461 e. The molecule has 1 heterocycles. The molecule has 0 amide bonds. The quantitative estimate of drug-likeness (QED) is 0.171. The lowest BCUT2D eigenvalue weighted by molar-refractivity contribution is 0.0383. The summed E-state index contributed by atoms with van der Waals surface area (Å²) in [5.74, 6) is -0.545. The zero-order chi connectivity index (χ0) is 25.0. The topological polar surface area (TPSA) is 84.0 Å². The Morgan fingerprint density at radius 1 is 0.735 bits per heavy atom. The largest absolute Gasteiger partial charge is 0.461 e. The summed E-state index contributed by atoms with van der Waals surface area (Å²) in [5.41, 5.74) is 0.236. The maximum atomic E-state index is 12.6. The van der Waals surface area contributed by atoms with Gasteiger partial charge in [0.2, 0.25) is 0 Å². The van der Waals surface area contributed by atoms with Crippen molar-refractivity contribution in [3.8, 4) is 0 Å². The van der Waals surface area contributed by atoms with Crippen LogP contribution in [0.5, 0.6) is 0 Å². The van der Waals surface area contributed by atoms with Crippen molar-refractivity contribution < 1.29 is 28.5 Å². The molecule has 0 aliphatic rings. The first-order valence-electron chi connectivity index (χ1n) is 12.8. The van der Waals surface area contributed by atoms with Crippen molar-refractivity contribution in [3.63, 3.8) is 0 Å². The van der Waals surface area contributed by atoms with E-state index in [1.54, 1.807) is 32.4 Å². The number of rotatable bonds is 20. The molecule has 2 unspecified atom stereocenters. The van der Waals surface area contributed by atoms with E-state index in [-0.39, 0.29) is 23.2 Å². The number of hydrogen-bond donors (Lipinski definition) is 0. The lowest BCUT2D eigenvalue weighted by atomic mass is 9.99. The van der Waals surface area contributed by atoms with E-state index < -0.39 is 11.9 Å². The molecule has 34 heavy (non-hydrogen) atoms. The third-order valence-electron chi connectivity index (χ3n) is 5.96. The van der Waals surface area contributed by atoms with Gasteiger partial charge >= 0.3 is 11.9 Å². The molecule has 0 aliphatic carbocycles. The minimum absolute atomic E-state index is 0.118. The molecular weight excluding hydrogens is 434 g/mol. The Balaban J connectivity index is 2.63. The Morgan fingerprint density at radius 2 is 1.18 bits per heavy atom. The molecule has 1 aromatic heterocycles. The highest BCUT2D eigenvalue weighted by Gasteiger charge is 2.18. The summed E-state index contributed by atoms with van der Waals surface area (Å²) in [5, 5.41) is 0. The lowest BCUT2D eigenvalue weighted by Gasteiger charge is -2.17. The molecular formula is C27H45NO6. The van der Waals surface area contributed by atoms with Crippen molar-refractivity contribution in [1.29, 1.82) is 0 Å². The van der Waals surface area contributed by atoms with Crippen LogP contribution < -0.4 is 0 Å². The second kappa shape index (κ2) is 19.3. The molecule has 7 heteroatoms. The molecule has 0 spiro atoms. The van der Waals surface area contributed by atoms with Crippen molar-refractivity contribution >= 4 is 11.9 Å². The van der Waals surface area contributed by atoms with E-state index in [0.29, 0.717) is 26.4 Å². The van der Waals surface area contributed by atoms with Crippen LogP contribution in [-0.4, -0.2) is 57.6 Å². The van der Waals surface area contributed by atoms with Crippen molar-refractivity contribution in [1.82, 2.24) is 4.98 Å². The summed E-state index contributed by atoms with van der Waals surface area (Å²) >= 11 is 0. The van der Waals surface area contributed by atoms with E-state index in [1.807, 2.05) is 0 Å². The number of unbranched alkanes of at least 4 members (excludes halogenated alkanes) is 4. The number of aromatic nitrogens is 1. The molecule has 0 bridgehead atoms. The van der Waals surface area contributed by atoms with Crippen LogP contribution in [0.25, 0.3) is 0 Å². The van der Waals surface area contributed by atoms with Crippen LogP contribution in [-0.2, 0) is 18.9 Å². The van der Waals surface area contributed by atoms with Gasteiger partial charge in [0.05, 0.1) is 13.2 Å². The number of nitrogens with zero attached hydrogens (tertiary/aromatic N) is 1. The number of pyridine rings is 1. The van der Waals surface area contributed by atoms with Gasteiger partial charge in [0.25, 0.3) is 0 Å². The van der Waals surface area contributed by atoms with Gasteiger partial charge in [0.15, 0.2) is 0 Å². The molecule has 0 saturated heterocycles. The average Bonchev–Trinajstić information content (AvgIpc) is 2.86. The predicted molar refractivity (Wildman–Crippen MR) is 133 cm³/mol. The van der Waals surface area contributed by atoms with E-state index in [9.17, 15) is 9.59 Å². The molecule has 0 saturated carbocycles. The minimum atomic E-state index is -0.523. The van der Waals surface area contributed by atoms with Crippen molar-refractivity contribution in [3.05, 3.63) is 29.6 Å². The van der Waals surface area contributed by atoms with Gasteiger partial charge in [0.1, 0.15) is 11.4 Å². The summed E-state index contributed by atoms with van der Waals surface area (Å²) in [6.07, 6.45) is 10.5. The Bertz CT molecular complexity index is 628. The van der Waals surface area contributed by atoms with Gasteiger partial charge in [-0.1, -0.05) is 58.4 Å². The summed E-state index contributed by atoms with van der Waals surface area (Å²) in [7, 11) is 3.35. The molecule has 1 aromatic rings. The van der Waals surface area contributed by atoms with Gasteiger partial charge in [-0.25, -0.2) is 14.6 Å². The van der Waals surface area contributed by atoms with Gasteiger partial charge in [-0.15, -0.1) is 0 Å². The fourth-order valence-corrected chi connectivity index (χ4v) is 3.75. The monoisotopic (exact) mass is 479 g/mol. The second-order valence-corrected chi connectivity index (χ2v) is 8.89. The van der Waals surface area contributed by atoms with Crippen molar-refractivity contribution in [2.75, 3.05) is 40.6 Å². The molecule has 7 nitrogen and oxygen atoms in total. The first kappa shape index (κ1) is 30.0. The van der Waals surface area contributed by atoms with Crippen LogP contribution in [0, 0.1) is 11.8 Å². The third kappa shape index (κ3) is 13.0. The lowest BCUT2D eigenvalue weighted by Crippen LogP contribution is -2.19. The Kier molecular flexibility index (Phi) is 17.1. The highest BCUT2D eigenvalue weighted by Crippen LogP contribution is 2.17. The summed E-state index contributed by atoms with van der Waals surface area (Å²) < 4.78 is 21.4. The standard InChI is InChI=1S/C27H45NO6/c1-5-7-9-12-22(16-18-31-3)20-33-26(29)24-14-11-15-25(28-24)27(30)34-21-23(17-19-32-4)13-10-8-6-2/h11,14-15,22-23H,5-10,12-13,16-21H2,1-4H3. The first-order valence-corrected chi connectivity index (χ1v) is 12.8. The van der Waals surface area contributed by atoms with E-state index in [2.05, 4.69) is 18.8 Å². The maximum absolute atomic E-state index is 12.6. The summed E-state index contributed by atoms with van der Waals surface area (Å²) in [4.78, 5) is 29.4. The Morgan fingerprint density at radius 3 is 1.56 bits per heavy atom. The van der Waals surface area contributed by atoms with Crippen molar-refractivity contribution in [2.45, 2.75) is 78.1 Å². The number of hydrogen-bond acceptors (Lipinski definition) is 7. The third-order valence-corrected chi connectivity index (χ3v) is 5.96. The fourth-order valence-electron chi connectivity index (χ4n) is 3.75. The predicted octanol–water partition coefficient (Wildman–Crippen LogP) is 5.86. The molecule has 0 aromatic carbocycles. The Labute approximate surface area is 205 Å². The van der Waals surface area contributed by atoms with Gasteiger partial charge in [-0.05, 0) is 49.7 Å². The highest BCUT2D eigenvalue weighted by atomic mass is 16.5. The number of methoxy groups -OCH3 is 2. The van der Waals surface area contributed by atoms with Crippen LogP contribution in [0.15, 0.2) is 18.2 Å². The fraction of sp³-hybridized carbons (Fsp3) is 0.741. The van der Waals surface area contributed by atoms with E-state index in [4.69, 9.17) is 18.9 Å². The van der Waals surface area contributed by atoms with Gasteiger partial charge in [-0.2, -0.15) is 0 Å². The molecule has 0 aliphatic heterocycles. The SMILES string of the molecule is CCCCCC(CCOC)COC(=O)c1cccc(C(=O)OCC(CCCCC)CCOC)n1. The van der Waals surface area contributed by atoms with Crippen LogP contribution in [0.3, 0.4) is 0 Å². The number of ether oxygens (including phenoxy) is 4. The average molecular weight is 480 g/mol. The molecule has 2 atom stereocenters. The summed E-state index contributed by atoms with van der Waals surface area (Å²) in [6, 6.07) is 4.76. The van der Waals surface area contributed by atoms with E-state index in [0.717, 1.165) is 64.2 Å². The second-order valence-electron chi connectivity index (χ2n) is 8.89. The summed E-state index contributed by atoms with van der Waals surface area (Å²) in [6.45, 7) is 6.25. The van der Waals surface area contributed by atoms with Crippen LogP contribution in [0.2, 0.25) is 0 Å². The van der Waals surface area contributed by atoms with Crippen LogP contribution in [0.1, 0.15) is 99.0 Å². The molecule has 0 fully saturated rings. The Hall–Kier alpha value is -1.99. The number of carbonyl (C=O) groups is 2. The van der Waals surface area contributed by atoms with Crippen LogP contribution >= 0.6 is 0 Å². The van der Waals surface area contributed by atoms with Gasteiger partial charge < -0.3 is 18.9 Å². The molecule has 0 N–H and O–H groups in total. The smallest absolute Gasteiger partial charge is 0.356 e. The number of esters is 2. The van der Waals surface area contributed by atoms with E-state index in [1.165, 1.54) is 0 Å². The van der Waals surface area contributed by atoms with Crippen LogP contribution in [0.4, 0.5) is 0 Å². The molecule has 194 valence electrons. The molecule has 1 rings (SSSR count).